The second kappa shape index (κ2) is 3.80. The number of nitrogens with two attached hydrogens (primary N) is 2. The first-order valence-corrected chi connectivity index (χ1v) is 4.10. The molecule has 0 spiro atoms. The molecule has 0 bridgehead atoms. The van der Waals surface area contributed by atoms with Crippen molar-refractivity contribution in [3.63, 3.8) is 0 Å². The third-order valence-electron chi connectivity index (χ3n) is 1.46. The lowest BCUT2D eigenvalue weighted by Crippen LogP contribution is -2.21. The Balaban J connectivity index is 2.93. The fourth-order valence-corrected chi connectivity index (χ4v) is 1.36. The Morgan fingerprint density at radius 1 is 1.64 bits per heavy atom. The molecule has 0 aliphatic heterocycles. The molecule has 4 N–H and O–H groups in total. The van der Waals surface area contributed by atoms with Crippen molar-refractivity contribution < 1.29 is 0 Å². The van der Waals surface area contributed by atoms with Crippen molar-refractivity contribution in [3.05, 3.63) is 28.5 Å². The summed E-state index contributed by atoms with van der Waals surface area (Å²) in [5, 5.41) is 0. The molecule has 1 heterocycles. The molecule has 11 heavy (non-hydrogen) atoms. The third kappa shape index (κ3) is 1.99. The molecule has 1 rings (SSSR count). The molecule has 1 aromatic heterocycles. The van der Waals surface area contributed by atoms with Gasteiger partial charge in [-0.3, -0.25) is 4.98 Å². The standard InChI is InChI=1S/C7H10BrN3/c8-6-4-11-2-1-5(6)7(10)3-9/h1-2,4,7H,3,9-10H2/t7-/m0/s1. The van der Waals surface area contributed by atoms with Crippen molar-refractivity contribution in [2.45, 2.75) is 6.04 Å². The molecule has 0 saturated carbocycles. The maximum Gasteiger partial charge on any atom is 0.0431 e. The van der Waals surface area contributed by atoms with E-state index in [1.807, 2.05) is 6.07 Å². The Kier molecular flexibility index (Phi) is 2.99. The average molecular weight is 216 g/mol. The van der Waals surface area contributed by atoms with Gasteiger partial charge in [0.05, 0.1) is 0 Å². The summed E-state index contributed by atoms with van der Waals surface area (Å²) < 4.78 is 0.915. The van der Waals surface area contributed by atoms with Gasteiger partial charge in [-0.05, 0) is 27.6 Å². The smallest absolute Gasteiger partial charge is 0.0431 e. The van der Waals surface area contributed by atoms with Gasteiger partial charge >= 0.3 is 0 Å². The predicted molar refractivity (Wildman–Crippen MR) is 47.9 cm³/mol. The van der Waals surface area contributed by atoms with Crippen LogP contribution in [0.2, 0.25) is 0 Å². The first kappa shape index (κ1) is 8.64. The van der Waals surface area contributed by atoms with Gasteiger partial charge in [-0.2, -0.15) is 0 Å². The van der Waals surface area contributed by atoms with Gasteiger partial charge in [0.1, 0.15) is 0 Å². The van der Waals surface area contributed by atoms with Crippen LogP contribution in [0, 0.1) is 0 Å². The Morgan fingerprint density at radius 3 is 2.91 bits per heavy atom. The number of halogens is 1. The molecule has 0 aliphatic rings. The maximum atomic E-state index is 5.71. The summed E-state index contributed by atoms with van der Waals surface area (Å²) in [4.78, 5) is 3.92. The Bertz CT molecular complexity index is 239. The van der Waals surface area contributed by atoms with Crippen molar-refractivity contribution in [1.29, 1.82) is 0 Å². The molecule has 0 aliphatic carbocycles. The van der Waals surface area contributed by atoms with Gasteiger partial charge in [0.25, 0.3) is 0 Å². The van der Waals surface area contributed by atoms with Crippen LogP contribution in [0.25, 0.3) is 0 Å². The van der Waals surface area contributed by atoms with Crippen LogP contribution >= 0.6 is 15.9 Å². The molecule has 3 nitrogen and oxygen atoms in total. The van der Waals surface area contributed by atoms with Crippen LogP contribution < -0.4 is 11.5 Å². The topological polar surface area (TPSA) is 64.9 Å². The first-order valence-electron chi connectivity index (χ1n) is 3.30. The number of nitrogens with zero attached hydrogens (tertiary/aromatic N) is 1. The summed E-state index contributed by atoms with van der Waals surface area (Å²) >= 11 is 3.34. The summed E-state index contributed by atoms with van der Waals surface area (Å²) in [5.41, 5.74) is 12.1. The summed E-state index contributed by atoms with van der Waals surface area (Å²) in [6.45, 7) is 0.447. The SMILES string of the molecule is NC[C@H](N)c1ccncc1Br. The van der Waals surface area contributed by atoms with Crippen LogP contribution in [0.3, 0.4) is 0 Å². The number of rotatable bonds is 2. The van der Waals surface area contributed by atoms with Crippen molar-refractivity contribution in [1.82, 2.24) is 4.98 Å². The molecule has 60 valence electrons. The van der Waals surface area contributed by atoms with Crippen LogP contribution in [0.1, 0.15) is 11.6 Å². The Labute approximate surface area is 73.9 Å². The highest BCUT2D eigenvalue weighted by atomic mass is 79.9. The molecule has 4 heteroatoms. The number of pyridine rings is 1. The van der Waals surface area contributed by atoms with Gasteiger partial charge in [-0.1, -0.05) is 0 Å². The van der Waals surface area contributed by atoms with Crippen molar-refractivity contribution in [2.75, 3.05) is 6.54 Å². The van der Waals surface area contributed by atoms with Gasteiger partial charge in [-0.15, -0.1) is 0 Å². The Hall–Kier alpha value is -0.450. The molecular formula is C7H10BrN3. The zero-order valence-electron chi connectivity index (χ0n) is 6.00. The molecule has 0 fully saturated rings. The average Bonchev–Trinajstić information content (AvgIpc) is 2.04. The lowest BCUT2D eigenvalue weighted by molar-refractivity contribution is 0.732. The van der Waals surface area contributed by atoms with E-state index in [0.717, 1.165) is 10.0 Å². The number of aromatic nitrogens is 1. The molecule has 0 saturated heterocycles. The monoisotopic (exact) mass is 215 g/mol. The van der Waals surface area contributed by atoms with Gasteiger partial charge in [0.2, 0.25) is 0 Å². The van der Waals surface area contributed by atoms with Crippen LogP contribution in [0.5, 0.6) is 0 Å². The molecular weight excluding hydrogens is 206 g/mol. The molecule has 0 unspecified atom stereocenters. The van der Waals surface area contributed by atoms with E-state index in [1.54, 1.807) is 12.4 Å². The van der Waals surface area contributed by atoms with Crippen LogP contribution in [0.4, 0.5) is 0 Å². The molecule has 1 atom stereocenters. The second-order valence-corrected chi connectivity index (χ2v) is 3.09. The van der Waals surface area contributed by atoms with Crippen molar-refractivity contribution >= 4 is 15.9 Å². The lowest BCUT2D eigenvalue weighted by Gasteiger charge is -2.09. The van der Waals surface area contributed by atoms with Gasteiger partial charge in [-0.25, -0.2) is 0 Å². The zero-order valence-corrected chi connectivity index (χ0v) is 7.58. The molecule has 0 amide bonds. The van der Waals surface area contributed by atoms with Gasteiger partial charge in [0.15, 0.2) is 0 Å². The summed E-state index contributed by atoms with van der Waals surface area (Å²) in [5.74, 6) is 0. The van der Waals surface area contributed by atoms with Crippen LogP contribution in [-0.4, -0.2) is 11.5 Å². The minimum absolute atomic E-state index is 0.104. The van der Waals surface area contributed by atoms with E-state index in [0.29, 0.717) is 6.54 Å². The summed E-state index contributed by atoms with van der Waals surface area (Å²) in [7, 11) is 0. The third-order valence-corrected chi connectivity index (χ3v) is 2.12. The van der Waals surface area contributed by atoms with Crippen LogP contribution in [-0.2, 0) is 0 Å². The van der Waals surface area contributed by atoms with E-state index in [1.165, 1.54) is 0 Å². The zero-order chi connectivity index (χ0) is 8.27. The highest BCUT2D eigenvalue weighted by Crippen LogP contribution is 2.19. The summed E-state index contributed by atoms with van der Waals surface area (Å²) in [6, 6.07) is 1.76. The molecule has 0 radical (unpaired) electrons. The maximum absolute atomic E-state index is 5.71. The van der Waals surface area contributed by atoms with E-state index < -0.39 is 0 Å². The predicted octanol–water partition coefficient (Wildman–Crippen LogP) is 0.803. The van der Waals surface area contributed by atoms with Gasteiger partial charge < -0.3 is 11.5 Å². The highest BCUT2D eigenvalue weighted by Gasteiger charge is 2.06. The van der Waals surface area contributed by atoms with E-state index in [2.05, 4.69) is 20.9 Å². The Morgan fingerprint density at radius 2 is 2.36 bits per heavy atom. The molecule has 0 aromatic carbocycles. The number of hydrogen-bond donors (Lipinski definition) is 2. The highest BCUT2D eigenvalue weighted by molar-refractivity contribution is 9.10. The van der Waals surface area contributed by atoms with Gasteiger partial charge in [0, 0.05) is 29.5 Å². The van der Waals surface area contributed by atoms with Crippen molar-refractivity contribution in [3.8, 4) is 0 Å². The van der Waals surface area contributed by atoms with Crippen LogP contribution in [0.15, 0.2) is 22.9 Å². The van der Waals surface area contributed by atoms with E-state index in [4.69, 9.17) is 11.5 Å². The summed E-state index contributed by atoms with van der Waals surface area (Å²) in [6.07, 6.45) is 3.42. The fourth-order valence-electron chi connectivity index (χ4n) is 0.814. The minimum Gasteiger partial charge on any atom is -0.329 e. The normalized spacial score (nSPS) is 13.0. The largest absolute Gasteiger partial charge is 0.329 e. The first-order chi connectivity index (χ1) is 5.25. The van der Waals surface area contributed by atoms with E-state index >= 15 is 0 Å². The van der Waals surface area contributed by atoms with Crippen molar-refractivity contribution in [2.24, 2.45) is 11.5 Å². The fraction of sp³-hybridized carbons (Fsp3) is 0.286. The number of hydrogen-bond acceptors (Lipinski definition) is 3. The lowest BCUT2D eigenvalue weighted by atomic mass is 10.1. The molecule has 1 aromatic rings. The quantitative estimate of drug-likeness (QED) is 0.768. The van der Waals surface area contributed by atoms with E-state index in [9.17, 15) is 0 Å². The minimum atomic E-state index is -0.104. The van der Waals surface area contributed by atoms with E-state index in [-0.39, 0.29) is 6.04 Å². The second-order valence-electron chi connectivity index (χ2n) is 2.24.